The number of sulfonamides is 4. The van der Waals surface area contributed by atoms with Crippen LogP contribution in [-0.4, -0.2) is 407 Å². The van der Waals surface area contributed by atoms with Gasteiger partial charge in [0.2, 0.25) is 23.8 Å². The number of hydrogen-bond acceptors (Lipinski definition) is 40. The molecule has 10 aliphatic heterocycles. The summed E-state index contributed by atoms with van der Waals surface area (Å²) in [5, 5.41) is 88.3. The minimum atomic E-state index is -3.59. The summed E-state index contributed by atoms with van der Waals surface area (Å²) in [6, 6.07) is 13.1. The maximum atomic E-state index is 13.3. The first-order chi connectivity index (χ1) is 65.5. The second-order valence-corrected chi connectivity index (χ2v) is 51.4. The van der Waals surface area contributed by atoms with E-state index in [1.54, 1.807) is 192 Å². The summed E-state index contributed by atoms with van der Waals surface area (Å²) in [7, 11) is -14.4. The Balaban J connectivity index is 0.000000140. The van der Waals surface area contributed by atoms with Crippen molar-refractivity contribution in [1.82, 2.24) is 76.7 Å². The number of ether oxygens (including phenoxy) is 4. The van der Waals surface area contributed by atoms with Gasteiger partial charge in [0, 0.05) is 226 Å². The van der Waals surface area contributed by atoms with Crippen LogP contribution in [0.1, 0.15) is 117 Å². The predicted molar refractivity (Wildman–Crippen MR) is 522 cm³/mol. The Bertz CT molecular complexity index is 5340. The highest BCUT2D eigenvalue weighted by atomic mass is 32.3. The average Bonchev–Trinajstić information content (AvgIpc) is 1.46. The van der Waals surface area contributed by atoms with E-state index in [0.717, 1.165) is 0 Å². The van der Waals surface area contributed by atoms with E-state index in [4.69, 9.17) is 18.9 Å². The third kappa shape index (κ3) is 24.4. The number of anilines is 4. The zero-order valence-electron chi connectivity index (χ0n) is 79.5. The molecule has 138 heavy (non-hydrogen) atoms. The maximum Gasteiger partial charge on any atom is 0.252 e. The van der Waals surface area contributed by atoms with Gasteiger partial charge in [0.25, 0.3) is 40.1 Å². The fraction of sp³-hybridized carbons (Fsp3) is 0.644. The SMILES string of the molecule is CC(C)(O)c1cnc(N2CCN(S(=O)(=O)c3cccs3)C[C@@H]2CN2[C@H]3COC[C@@H]2[C@H](O)C3)nc1.CC(C)(O)c1cnc(N2CCN(S(=O)(=O)c3cccs3)C[C@@H]2CN2[C@H]3COC[C@@H]2[C@H](O)C3)nc1.C[C@@H]1COC[C@H](CCO)N1C[C@H]1CN(S(=O)(=O)c2cccs2)CCN1c1ncc(C(C)(C)O)cn1.C[C@@H]1COC[C@H](CCO)N1C[C@H]1CN(S(=O)(=O)c2cccs2)CCN1c1ncc(C(C)(C)O)cn1. The predicted octanol–water partition coefficient (Wildman–Crippen LogP) is 3.19. The summed E-state index contributed by atoms with van der Waals surface area (Å²) >= 11 is 4.89. The quantitative estimate of drug-likeness (QED) is 0.0349. The Morgan fingerprint density at radius 3 is 0.797 bits per heavy atom. The van der Waals surface area contributed by atoms with Crippen LogP contribution in [0.5, 0.6) is 0 Å². The lowest BCUT2D eigenvalue weighted by Crippen LogP contribution is -2.62. The summed E-state index contributed by atoms with van der Waals surface area (Å²) in [4.78, 5) is 53.5. The van der Waals surface area contributed by atoms with Crippen LogP contribution in [0.2, 0.25) is 0 Å². The molecule has 4 bridgehead atoms. The average molecular weight is 2070 g/mol. The lowest BCUT2D eigenvalue weighted by atomic mass is 10.0. The van der Waals surface area contributed by atoms with Crippen LogP contribution >= 0.6 is 45.3 Å². The summed E-state index contributed by atoms with van der Waals surface area (Å²) < 4.78 is 137. The third-order valence-corrected chi connectivity index (χ3v) is 40.4. The van der Waals surface area contributed by atoms with Crippen molar-refractivity contribution in [2.24, 2.45) is 0 Å². The fourth-order valence-electron chi connectivity index (χ4n) is 19.5. The maximum absolute atomic E-state index is 13.3. The zero-order chi connectivity index (χ0) is 98.6. The molecule has 0 saturated carbocycles. The van der Waals surface area contributed by atoms with E-state index < -0.39 is 74.7 Å². The van der Waals surface area contributed by atoms with Gasteiger partial charge in [0.05, 0.1) is 124 Å². The van der Waals surface area contributed by atoms with E-state index in [0.29, 0.717) is 246 Å². The van der Waals surface area contributed by atoms with Gasteiger partial charge in [-0.05, 0) is 141 Å². The normalized spacial score (nSPS) is 27.1. The molecule has 18 rings (SSSR count). The van der Waals surface area contributed by atoms with Crippen molar-refractivity contribution in [3.05, 3.63) is 142 Å². The number of morpholine rings is 4. The molecule has 10 aliphatic rings. The van der Waals surface area contributed by atoms with Crippen molar-refractivity contribution in [3.63, 3.8) is 0 Å². The highest BCUT2D eigenvalue weighted by molar-refractivity contribution is 7.92. The molecular weight excluding hydrogens is 1940 g/mol. The number of aromatic nitrogens is 8. The molecule has 8 N–H and O–H groups in total. The molecule has 0 unspecified atom stereocenters. The lowest BCUT2D eigenvalue weighted by Gasteiger charge is -2.47. The third-order valence-electron chi connectivity index (χ3n) is 27.5. The Morgan fingerprint density at radius 1 is 0.341 bits per heavy atom. The van der Waals surface area contributed by atoms with E-state index in [1.165, 1.54) is 45.3 Å². The van der Waals surface area contributed by atoms with E-state index in [-0.39, 0.29) is 85.7 Å². The first-order valence-electron chi connectivity index (χ1n) is 46.8. The van der Waals surface area contributed by atoms with Gasteiger partial charge < -0.3 is 79.4 Å². The number of piperazine rings is 4. The van der Waals surface area contributed by atoms with E-state index in [2.05, 4.69) is 92.9 Å². The summed E-state index contributed by atoms with van der Waals surface area (Å²) in [6.07, 6.45) is 14.6. The minimum absolute atomic E-state index is 0.0494. The number of aliphatic hydroxyl groups is 8. The van der Waals surface area contributed by atoms with Gasteiger partial charge in [-0.3, -0.25) is 19.6 Å². The van der Waals surface area contributed by atoms with Crippen LogP contribution in [0.4, 0.5) is 23.8 Å². The second-order valence-electron chi connectivity index (χ2n) is 38.9. The number of fused-ring (bicyclic) bond motifs is 4. The Hall–Kier alpha value is -6.68. The van der Waals surface area contributed by atoms with Crippen LogP contribution in [0.3, 0.4) is 0 Å². The van der Waals surface area contributed by atoms with Crippen molar-refractivity contribution in [3.8, 4) is 0 Å². The van der Waals surface area contributed by atoms with Gasteiger partial charge >= 0.3 is 0 Å². The molecule has 10 fully saturated rings. The summed E-state index contributed by atoms with van der Waals surface area (Å²) in [5.74, 6) is 2.03. The van der Waals surface area contributed by atoms with Crippen LogP contribution < -0.4 is 19.6 Å². The van der Waals surface area contributed by atoms with Crippen molar-refractivity contribution in [1.29, 1.82) is 0 Å². The molecule has 48 heteroatoms. The van der Waals surface area contributed by atoms with Crippen molar-refractivity contribution in [2.75, 3.05) is 190 Å². The Morgan fingerprint density at radius 2 is 0.580 bits per heavy atom. The van der Waals surface area contributed by atoms with Crippen molar-refractivity contribution < 1.29 is 93.5 Å². The van der Waals surface area contributed by atoms with Gasteiger partial charge in [-0.25, -0.2) is 73.5 Å². The molecule has 18 heterocycles. The molecule has 0 radical (unpaired) electrons. The van der Waals surface area contributed by atoms with Crippen LogP contribution in [0.25, 0.3) is 0 Å². The molecule has 10 saturated heterocycles. The van der Waals surface area contributed by atoms with Crippen LogP contribution in [-0.2, 0) is 81.4 Å². The van der Waals surface area contributed by atoms with Gasteiger partial charge in [0.1, 0.15) is 16.8 Å². The summed E-state index contributed by atoms with van der Waals surface area (Å²) in [5.41, 5.74) is -1.74. The first kappa shape index (κ1) is 106. The molecular formula is C90H132N20O20S8. The molecule has 0 aliphatic carbocycles. The van der Waals surface area contributed by atoms with Crippen LogP contribution in [0, 0.1) is 0 Å². The van der Waals surface area contributed by atoms with E-state index >= 15 is 0 Å². The van der Waals surface area contributed by atoms with E-state index in [9.17, 15) is 74.5 Å². The molecule has 40 nitrogen and oxygen atoms in total. The van der Waals surface area contributed by atoms with Gasteiger partial charge in [-0.2, -0.15) is 17.2 Å². The molecule has 0 amide bonds. The minimum Gasteiger partial charge on any atom is -0.396 e. The summed E-state index contributed by atoms with van der Waals surface area (Å²) in [6.45, 7) is 28.7. The smallest absolute Gasteiger partial charge is 0.252 e. The Labute approximate surface area is 824 Å². The number of thiophene rings is 4. The van der Waals surface area contributed by atoms with E-state index in [1.807, 2.05) is 0 Å². The first-order valence-corrected chi connectivity index (χ1v) is 56.1. The van der Waals surface area contributed by atoms with Gasteiger partial charge in [0.15, 0.2) is 0 Å². The number of hydrogen-bond donors (Lipinski definition) is 8. The lowest BCUT2D eigenvalue weighted by molar-refractivity contribution is -0.0531. The number of rotatable bonds is 28. The van der Waals surface area contributed by atoms with Crippen LogP contribution in [0.15, 0.2) is 136 Å². The van der Waals surface area contributed by atoms with Crippen molar-refractivity contribution >= 4 is 109 Å². The van der Waals surface area contributed by atoms with Gasteiger partial charge in [-0.1, -0.05) is 24.3 Å². The monoisotopic (exact) mass is 2070 g/mol. The van der Waals surface area contributed by atoms with Gasteiger partial charge in [-0.15, -0.1) is 45.3 Å². The molecule has 0 spiro atoms. The highest BCUT2D eigenvalue weighted by Gasteiger charge is 2.51. The number of aliphatic hydroxyl groups excluding tert-OH is 4. The molecule has 8 aromatic heterocycles. The van der Waals surface area contributed by atoms with Crippen molar-refractivity contribution in [2.45, 2.75) is 219 Å². The second kappa shape index (κ2) is 44.5. The Kier molecular flexibility index (Phi) is 34.1. The fourth-order valence-corrected chi connectivity index (χ4v) is 30.0. The topological polar surface area (TPSA) is 477 Å². The zero-order valence-corrected chi connectivity index (χ0v) is 86.1. The molecule has 0 aromatic carbocycles. The molecule has 760 valence electrons. The molecule has 8 aromatic rings. The number of nitrogens with zero attached hydrogens (tertiary/aromatic N) is 20. The standard InChI is InChI=1S/2C23H35N5O5S2.2C22H31N5O5S2/c2*1-17-15-33-16-19(6-9-29)28(17)14-20-13-26(35(31,32)21-5-4-10-34-21)7-8-27(20)22-24-11-18(12-25-22)23(2,3)30;2*1-22(2,29)15-9-23-21(24-10-15)26-6-5-25(34(30,31)20-4-3-7-33-20)11-17(26)12-27-16-8-19(28)18(27)14-32-13-16/h2*4-5,10-12,17,19-20,29-30H,6-9,13-16H2,1-3H3;2*3-4,7,9-10,16-19,28-29H,5-6,8,11-14H2,1-2H3/t2*17-,19+,20-;2*16-,17-,18-,19-/m1111/s1. The highest BCUT2D eigenvalue weighted by Crippen LogP contribution is 2.39. The largest absolute Gasteiger partial charge is 0.396 e. The molecule has 14 atom stereocenters.